The van der Waals surface area contributed by atoms with Gasteiger partial charge in [0.2, 0.25) is 0 Å². The first-order chi connectivity index (χ1) is 9.65. The SMILES string of the molecule is CC1CCCC(C(O)c2cc(Cl)c3c(c2)OCCO3)C1. The normalized spacial score (nSPS) is 27.1. The van der Waals surface area contributed by atoms with E-state index >= 15 is 0 Å². The van der Waals surface area contributed by atoms with E-state index < -0.39 is 6.10 Å². The van der Waals surface area contributed by atoms with Crippen molar-refractivity contribution < 1.29 is 14.6 Å². The number of benzene rings is 1. The Bertz CT molecular complexity index is 489. The van der Waals surface area contributed by atoms with Crippen LogP contribution in [0.5, 0.6) is 11.5 Å². The fraction of sp³-hybridized carbons (Fsp3) is 0.625. The van der Waals surface area contributed by atoms with E-state index in [4.69, 9.17) is 21.1 Å². The lowest BCUT2D eigenvalue weighted by atomic mass is 9.78. The second-order valence-corrected chi connectivity index (χ2v) is 6.41. The van der Waals surface area contributed by atoms with Crippen LogP contribution in [0.4, 0.5) is 0 Å². The molecule has 3 rings (SSSR count). The first-order valence-electron chi connectivity index (χ1n) is 7.42. The van der Waals surface area contributed by atoms with Gasteiger partial charge in [-0.3, -0.25) is 0 Å². The lowest BCUT2D eigenvalue weighted by molar-refractivity contribution is 0.0708. The van der Waals surface area contributed by atoms with Crippen molar-refractivity contribution in [3.8, 4) is 11.5 Å². The molecule has 1 aliphatic carbocycles. The Morgan fingerprint density at radius 2 is 2.05 bits per heavy atom. The number of hydrogen-bond acceptors (Lipinski definition) is 3. The van der Waals surface area contributed by atoms with Crippen molar-refractivity contribution in [3.05, 3.63) is 22.7 Å². The van der Waals surface area contributed by atoms with Gasteiger partial charge in [0.05, 0.1) is 11.1 Å². The maximum absolute atomic E-state index is 10.6. The quantitative estimate of drug-likeness (QED) is 0.897. The van der Waals surface area contributed by atoms with E-state index in [1.165, 1.54) is 12.8 Å². The number of halogens is 1. The van der Waals surface area contributed by atoms with E-state index in [2.05, 4.69) is 6.92 Å². The maximum atomic E-state index is 10.6. The van der Waals surface area contributed by atoms with Crippen LogP contribution in [0.3, 0.4) is 0 Å². The summed E-state index contributed by atoms with van der Waals surface area (Å²) in [6.45, 7) is 3.31. The van der Waals surface area contributed by atoms with Gasteiger partial charge in [0.25, 0.3) is 0 Å². The summed E-state index contributed by atoms with van der Waals surface area (Å²) < 4.78 is 11.1. The largest absolute Gasteiger partial charge is 0.486 e. The predicted octanol–water partition coefficient (Wildman–Crippen LogP) is 3.97. The Morgan fingerprint density at radius 1 is 1.25 bits per heavy atom. The zero-order valence-electron chi connectivity index (χ0n) is 11.8. The van der Waals surface area contributed by atoms with Gasteiger partial charge >= 0.3 is 0 Å². The van der Waals surface area contributed by atoms with Crippen molar-refractivity contribution in [3.63, 3.8) is 0 Å². The molecule has 1 fully saturated rings. The van der Waals surface area contributed by atoms with Gasteiger partial charge < -0.3 is 14.6 Å². The Balaban J connectivity index is 1.84. The molecule has 3 unspecified atom stereocenters. The smallest absolute Gasteiger partial charge is 0.179 e. The Labute approximate surface area is 124 Å². The van der Waals surface area contributed by atoms with Crippen LogP contribution in [0.1, 0.15) is 44.3 Å². The fourth-order valence-corrected chi connectivity index (χ4v) is 3.62. The molecule has 110 valence electrons. The summed E-state index contributed by atoms with van der Waals surface area (Å²) in [6, 6.07) is 3.70. The summed E-state index contributed by atoms with van der Waals surface area (Å²) in [7, 11) is 0. The predicted molar refractivity (Wildman–Crippen MR) is 78.5 cm³/mol. The summed E-state index contributed by atoms with van der Waals surface area (Å²) in [6.07, 6.45) is 4.16. The standard InChI is InChI=1S/C16H21ClO3/c1-10-3-2-4-11(7-10)15(18)12-8-13(17)16-14(9-12)19-5-6-20-16/h8-11,15,18H,2-7H2,1H3. The average molecular weight is 297 g/mol. The van der Waals surface area contributed by atoms with E-state index in [0.717, 1.165) is 18.4 Å². The molecule has 1 aromatic rings. The lowest BCUT2D eigenvalue weighted by Gasteiger charge is -2.31. The number of ether oxygens (including phenoxy) is 2. The molecule has 1 aliphatic heterocycles. The minimum absolute atomic E-state index is 0.317. The summed E-state index contributed by atoms with van der Waals surface area (Å²) in [5.74, 6) is 2.26. The Hall–Kier alpha value is -0.930. The lowest BCUT2D eigenvalue weighted by Crippen LogP contribution is -2.21. The second-order valence-electron chi connectivity index (χ2n) is 6.00. The fourth-order valence-electron chi connectivity index (χ4n) is 3.34. The summed E-state index contributed by atoms with van der Waals surface area (Å²) >= 11 is 6.24. The van der Waals surface area contributed by atoms with Gasteiger partial charge in [-0.25, -0.2) is 0 Å². The van der Waals surface area contributed by atoms with Crippen molar-refractivity contribution in [1.82, 2.24) is 0 Å². The van der Waals surface area contributed by atoms with E-state index in [-0.39, 0.29) is 0 Å². The van der Waals surface area contributed by atoms with E-state index in [0.29, 0.717) is 41.6 Å². The van der Waals surface area contributed by atoms with Gasteiger partial charge in [-0.15, -0.1) is 0 Å². The molecule has 0 amide bonds. The van der Waals surface area contributed by atoms with Crippen LogP contribution in [0.25, 0.3) is 0 Å². The van der Waals surface area contributed by atoms with Gasteiger partial charge in [0.1, 0.15) is 13.2 Å². The van der Waals surface area contributed by atoms with E-state index in [9.17, 15) is 5.11 Å². The highest BCUT2D eigenvalue weighted by Gasteiger charge is 2.28. The Morgan fingerprint density at radius 3 is 2.85 bits per heavy atom. The summed E-state index contributed by atoms with van der Waals surface area (Å²) in [5.41, 5.74) is 0.846. The zero-order valence-corrected chi connectivity index (χ0v) is 12.5. The first kappa shape index (κ1) is 14.0. The molecule has 1 saturated carbocycles. The number of aliphatic hydroxyl groups excluding tert-OH is 1. The molecular formula is C16H21ClO3. The molecule has 20 heavy (non-hydrogen) atoms. The number of fused-ring (bicyclic) bond motifs is 1. The molecule has 1 aromatic carbocycles. The van der Waals surface area contributed by atoms with Crippen LogP contribution in [-0.4, -0.2) is 18.3 Å². The highest BCUT2D eigenvalue weighted by Crippen LogP contribution is 2.43. The highest BCUT2D eigenvalue weighted by atomic mass is 35.5. The molecule has 1 heterocycles. The number of rotatable bonds is 2. The van der Waals surface area contributed by atoms with Gasteiger partial charge in [-0.05, 0) is 42.4 Å². The van der Waals surface area contributed by atoms with Crippen molar-refractivity contribution in [2.75, 3.05) is 13.2 Å². The van der Waals surface area contributed by atoms with Gasteiger partial charge in [0.15, 0.2) is 11.5 Å². The van der Waals surface area contributed by atoms with Crippen molar-refractivity contribution >= 4 is 11.6 Å². The Kier molecular flexibility index (Phi) is 4.08. The molecule has 4 heteroatoms. The van der Waals surface area contributed by atoms with E-state index in [1.807, 2.05) is 12.1 Å². The molecule has 0 aromatic heterocycles. The van der Waals surface area contributed by atoms with Gasteiger partial charge in [-0.2, -0.15) is 0 Å². The minimum Gasteiger partial charge on any atom is -0.486 e. The molecule has 0 bridgehead atoms. The molecular weight excluding hydrogens is 276 g/mol. The molecule has 0 saturated heterocycles. The highest BCUT2D eigenvalue weighted by molar-refractivity contribution is 6.32. The van der Waals surface area contributed by atoms with Crippen molar-refractivity contribution in [2.24, 2.45) is 11.8 Å². The minimum atomic E-state index is -0.467. The molecule has 0 radical (unpaired) electrons. The molecule has 2 aliphatic rings. The van der Waals surface area contributed by atoms with E-state index in [1.54, 1.807) is 0 Å². The average Bonchev–Trinajstić information content (AvgIpc) is 2.46. The van der Waals surface area contributed by atoms with Crippen LogP contribution < -0.4 is 9.47 Å². The zero-order chi connectivity index (χ0) is 14.1. The summed E-state index contributed by atoms with van der Waals surface area (Å²) in [5, 5.41) is 11.2. The van der Waals surface area contributed by atoms with Crippen molar-refractivity contribution in [2.45, 2.75) is 38.7 Å². The van der Waals surface area contributed by atoms with Crippen LogP contribution in [0, 0.1) is 11.8 Å². The van der Waals surface area contributed by atoms with Crippen LogP contribution in [0.15, 0.2) is 12.1 Å². The number of hydrogen-bond donors (Lipinski definition) is 1. The third-order valence-electron chi connectivity index (χ3n) is 4.38. The maximum Gasteiger partial charge on any atom is 0.179 e. The van der Waals surface area contributed by atoms with Crippen molar-refractivity contribution in [1.29, 1.82) is 0 Å². The molecule has 3 atom stereocenters. The third kappa shape index (κ3) is 2.75. The van der Waals surface area contributed by atoms with Crippen LogP contribution >= 0.6 is 11.6 Å². The van der Waals surface area contributed by atoms with Crippen LogP contribution in [-0.2, 0) is 0 Å². The second kappa shape index (κ2) is 5.82. The summed E-state index contributed by atoms with van der Waals surface area (Å²) in [4.78, 5) is 0. The number of aliphatic hydroxyl groups is 1. The van der Waals surface area contributed by atoms with Gasteiger partial charge in [-0.1, -0.05) is 31.4 Å². The first-order valence-corrected chi connectivity index (χ1v) is 7.80. The topological polar surface area (TPSA) is 38.7 Å². The molecule has 3 nitrogen and oxygen atoms in total. The third-order valence-corrected chi connectivity index (χ3v) is 4.66. The molecule has 0 spiro atoms. The van der Waals surface area contributed by atoms with Gasteiger partial charge in [0, 0.05) is 0 Å². The van der Waals surface area contributed by atoms with Crippen LogP contribution in [0.2, 0.25) is 5.02 Å². The monoisotopic (exact) mass is 296 g/mol. The molecule has 1 N–H and O–H groups in total.